The van der Waals surface area contributed by atoms with Crippen molar-refractivity contribution in [2.75, 3.05) is 13.8 Å². The number of amides is 1. The standard InChI is InChI=1S/C6H13NO3/c1-5(2)10-6(8)7-4-9-3/h5H,4H2,1-3H3,(H,7,8). The van der Waals surface area contributed by atoms with Crippen LogP contribution in [0.25, 0.3) is 0 Å². The van der Waals surface area contributed by atoms with Crippen LogP contribution in [0.3, 0.4) is 0 Å². The van der Waals surface area contributed by atoms with Gasteiger partial charge in [-0.2, -0.15) is 0 Å². The first-order valence-electron chi connectivity index (χ1n) is 3.10. The van der Waals surface area contributed by atoms with E-state index >= 15 is 0 Å². The third-order valence-electron chi connectivity index (χ3n) is 0.704. The minimum Gasteiger partial charge on any atom is -0.447 e. The van der Waals surface area contributed by atoms with Gasteiger partial charge in [0.15, 0.2) is 0 Å². The molecule has 0 saturated heterocycles. The Balaban J connectivity index is 3.26. The smallest absolute Gasteiger partial charge is 0.409 e. The summed E-state index contributed by atoms with van der Waals surface area (Å²) >= 11 is 0. The molecule has 1 amide bonds. The summed E-state index contributed by atoms with van der Waals surface area (Å²) in [6, 6.07) is 0. The fraction of sp³-hybridized carbons (Fsp3) is 0.833. The Hall–Kier alpha value is -0.770. The van der Waals surface area contributed by atoms with Gasteiger partial charge >= 0.3 is 6.09 Å². The zero-order chi connectivity index (χ0) is 7.98. The monoisotopic (exact) mass is 147 g/mol. The van der Waals surface area contributed by atoms with Gasteiger partial charge in [-0.05, 0) is 13.8 Å². The largest absolute Gasteiger partial charge is 0.447 e. The minimum atomic E-state index is -0.447. The second-order valence-corrected chi connectivity index (χ2v) is 2.06. The first-order valence-corrected chi connectivity index (χ1v) is 3.10. The van der Waals surface area contributed by atoms with Gasteiger partial charge in [-0.1, -0.05) is 0 Å². The summed E-state index contributed by atoms with van der Waals surface area (Å²) in [5, 5.41) is 2.38. The highest BCUT2D eigenvalue weighted by Crippen LogP contribution is 1.86. The molecule has 0 aliphatic carbocycles. The molecule has 4 heteroatoms. The van der Waals surface area contributed by atoms with Crippen LogP contribution in [-0.2, 0) is 9.47 Å². The molecule has 10 heavy (non-hydrogen) atoms. The lowest BCUT2D eigenvalue weighted by atomic mass is 10.5. The number of methoxy groups -OCH3 is 1. The van der Waals surface area contributed by atoms with Crippen LogP contribution in [-0.4, -0.2) is 26.0 Å². The number of rotatable bonds is 3. The van der Waals surface area contributed by atoms with Gasteiger partial charge in [0.1, 0.15) is 6.73 Å². The van der Waals surface area contributed by atoms with Crippen LogP contribution in [0.4, 0.5) is 4.79 Å². The Kier molecular flexibility index (Phi) is 4.66. The van der Waals surface area contributed by atoms with Crippen LogP contribution in [0.5, 0.6) is 0 Å². The fourth-order valence-corrected chi connectivity index (χ4v) is 0.387. The topological polar surface area (TPSA) is 47.6 Å². The van der Waals surface area contributed by atoms with E-state index in [1.807, 2.05) is 0 Å². The van der Waals surface area contributed by atoms with Crippen molar-refractivity contribution in [1.82, 2.24) is 5.32 Å². The summed E-state index contributed by atoms with van der Waals surface area (Å²) in [5.41, 5.74) is 0. The lowest BCUT2D eigenvalue weighted by Gasteiger charge is -2.07. The number of nitrogens with one attached hydrogen (secondary N) is 1. The van der Waals surface area contributed by atoms with E-state index in [1.54, 1.807) is 13.8 Å². The number of ether oxygens (including phenoxy) is 2. The zero-order valence-electron chi connectivity index (χ0n) is 6.51. The lowest BCUT2D eigenvalue weighted by molar-refractivity contribution is 0.0972. The highest BCUT2D eigenvalue weighted by atomic mass is 16.6. The summed E-state index contributed by atoms with van der Waals surface area (Å²) in [6.07, 6.45) is -0.534. The molecule has 1 N–H and O–H groups in total. The van der Waals surface area contributed by atoms with Crippen LogP contribution >= 0.6 is 0 Å². The Morgan fingerprint density at radius 2 is 2.20 bits per heavy atom. The van der Waals surface area contributed by atoms with Crippen molar-refractivity contribution in [2.45, 2.75) is 20.0 Å². The summed E-state index contributed by atoms with van der Waals surface area (Å²) in [5.74, 6) is 0. The van der Waals surface area contributed by atoms with E-state index < -0.39 is 6.09 Å². The molecule has 0 fully saturated rings. The van der Waals surface area contributed by atoms with Gasteiger partial charge in [0.25, 0.3) is 0 Å². The molecule has 0 radical (unpaired) electrons. The van der Waals surface area contributed by atoms with Gasteiger partial charge in [-0.25, -0.2) is 4.79 Å². The molecular formula is C6H13NO3. The molecule has 4 nitrogen and oxygen atoms in total. The average Bonchev–Trinajstić information content (AvgIpc) is 1.82. The molecule has 0 aliphatic heterocycles. The van der Waals surface area contributed by atoms with Crippen molar-refractivity contribution in [3.63, 3.8) is 0 Å². The van der Waals surface area contributed by atoms with Crippen LogP contribution in [0.2, 0.25) is 0 Å². The number of carbonyl (C=O) groups excluding carboxylic acids is 1. The number of carbonyl (C=O) groups is 1. The van der Waals surface area contributed by atoms with Gasteiger partial charge in [-0.15, -0.1) is 0 Å². The normalized spacial score (nSPS) is 9.60. The predicted octanol–water partition coefficient (Wildman–Crippen LogP) is 0.725. The molecule has 0 aromatic rings. The summed E-state index contributed by atoms with van der Waals surface area (Å²) < 4.78 is 9.30. The van der Waals surface area contributed by atoms with E-state index in [2.05, 4.69) is 10.1 Å². The zero-order valence-corrected chi connectivity index (χ0v) is 6.51. The quantitative estimate of drug-likeness (QED) is 0.598. The van der Waals surface area contributed by atoms with Gasteiger partial charge in [-0.3, -0.25) is 5.32 Å². The summed E-state index contributed by atoms with van der Waals surface area (Å²) in [4.78, 5) is 10.6. The van der Waals surface area contributed by atoms with E-state index in [4.69, 9.17) is 4.74 Å². The predicted molar refractivity (Wildman–Crippen MR) is 36.6 cm³/mol. The van der Waals surface area contributed by atoms with Crippen LogP contribution in [0.1, 0.15) is 13.8 Å². The lowest BCUT2D eigenvalue weighted by Crippen LogP contribution is -2.28. The van der Waals surface area contributed by atoms with Crippen molar-refractivity contribution < 1.29 is 14.3 Å². The van der Waals surface area contributed by atoms with E-state index in [9.17, 15) is 4.79 Å². The molecule has 0 bridgehead atoms. The SMILES string of the molecule is COCNC(=O)OC(C)C. The molecule has 0 rings (SSSR count). The van der Waals surface area contributed by atoms with Crippen molar-refractivity contribution in [3.05, 3.63) is 0 Å². The molecule has 0 aliphatic rings. The van der Waals surface area contributed by atoms with Gasteiger partial charge in [0.05, 0.1) is 6.10 Å². The highest BCUT2D eigenvalue weighted by molar-refractivity contribution is 5.67. The van der Waals surface area contributed by atoms with Crippen molar-refractivity contribution in [1.29, 1.82) is 0 Å². The van der Waals surface area contributed by atoms with Crippen LogP contribution in [0, 0.1) is 0 Å². The molecule has 0 unspecified atom stereocenters. The molecule has 0 heterocycles. The molecule has 0 saturated carbocycles. The maximum Gasteiger partial charge on any atom is 0.409 e. The Labute approximate surface area is 60.5 Å². The van der Waals surface area contributed by atoms with Gasteiger partial charge in [0.2, 0.25) is 0 Å². The Bertz CT molecular complexity index is 103. The number of alkyl carbamates (subject to hydrolysis) is 1. The average molecular weight is 147 g/mol. The fourth-order valence-electron chi connectivity index (χ4n) is 0.387. The van der Waals surface area contributed by atoms with E-state index in [-0.39, 0.29) is 12.8 Å². The second-order valence-electron chi connectivity index (χ2n) is 2.06. The minimum absolute atomic E-state index is 0.0862. The number of hydrogen-bond donors (Lipinski definition) is 1. The van der Waals surface area contributed by atoms with Crippen molar-refractivity contribution in [3.8, 4) is 0 Å². The summed E-state index contributed by atoms with van der Waals surface area (Å²) in [6.45, 7) is 3.75. The molecule has 60 valence electrons. The first kappa shape index (κ1) is 9.23. The van der Waals surface area contributed by atoms with Crippen LogP contribution < -0.4 is 5.32 Å². The third kappa shape index (κ3) is 5.37. The van der Waals surface area contributed by atoms with Crippen molar-refractivity contribution in [2.24, 2.45) is 0 Å². The van der Waals surface area contributed by atoms with Crippen LogP contribution in [0.15, 0.2) is 0 Å². The van der Waals surface area contributed by atoms with Gasteiger partial charge in [0, 0.05) is 7.11 Å². The molecule has 0 aromatic carbocycles. The second kappa shape index (κ2) is 5.05. The van der Waals surface area contributed by atoms with E-state index in [1.165, 1.54) is 7.11 Å². The molecule has 0 aromatic heterocycles. The third-order valence-corrected chi connectivity index (χ3v) is 0.704. The molecule has 0 atom stereocenters. The maximum absolute atomic E-state index is 10.6. The summed E-state index contributed by atoms with van der Waals surface area (Å²) in [7, 11) is 1.50. The van der Waals surface area contributed by atoms with Crippen molar-refractivity contribution >= 4 is 6.09 Å². The highest BCUT2D eigenvalue weighted by Gasteiger charge is 2.01. The van der Waals surface area contributed by atoms with Gasteiger partial charge < -0.3 is 9.47 Å². The van der Waals surface area contributed by atoms with E-state index in [0.717, 1.165) is 0 Å². The Morgan fingerprint density at radius 3 is 2.60 bits per heavy atom. The van der Waals surface area contributed by atoms with E-state index in [0.29, 0.717) is 0 Å². The molecule has 0 spiro atoms. The molecular weight excluding hydrogens is 134 g/mol. The maximum atomic E-state index is 10.6. The number of hydrogen-bond acceptors (Lipinski definition) is 3. The first-order chi connectivity index (χ1) is 4.66. The Morgan fingerprint density at radius 1 is 1.60 bits per heavy atom.